The lowest BCUT2D eigenvalue weighted by atomic mass is 9.97. The van der Waals surface area contributed by atoms with Gasteiger partial charge in [0.15, 0.2) is 0 Å². The van der Waals surface area contributed by atoms with E-state index in [9.17, 15) is 27.9 Å². The molecule has 180 valence electrons. The number of rotatable bonds is 7. The number of carboxylic acid groups (broad SMARTS) is 1. The van der Waals surface area contributed by atoms with E-state index in [2.05, 4.69) is 10.3 Å². The third kappa shape index (κ3) is 5.68. The maximum atomic E-state index is 12.4. The summed E-state index contributed by atoms with van der Waals surface area (Å²) in [5, 5.41) is 11.7. The first-order chi connectivity index (χ1) is 16.6. The lowest BCUT2D eigenvalue weighted by molar-refractivity contribution is -0.142. The molecule has 1 heterocycles. The van der Waals surface area contributed by atoms with Crippen LogP contribution in [0.15, 0.2) is 73.1 Å². The highest BCUT2D eigenvalue weighted by Crippen LogP contribution is 2.28. The van der Waals surface area contributed by atoms with Crippen LogP contribution in [0.3, 0.4) is 0 Å². The topological polar surface area (TPSA) is 84.2 Å². The van der Waals surface area contributed by atoms with Crippen LogP contribution in [0.5, 0.6) is 0 Å². The Labute approximate surface area is 199 Å². The second kappa shape index (κ2) is 9.61. The first-order valence-electron chi connectivity index (χ1n) is 10.9. The molecule has 0 aliphatic rings. The third-order valence-electron chi connectivity index (χ3n) is 5.71. The molecule has 1 amide bonds. The van der Waals surface area contributed by atoms with Crippen LogP contribution in [0.25, 0.3) is 27.8 Å². The van der Waals surface area contributed by atoms with E-state index in [1.165, 1.54) is 0 Å². The number of carboxylic acids is 1. The number of benzene rings is 3. The van der Waals surface area contributed by atoms with E-state index in [1.807, 2.05) is 41.0 Å². The molecule has 9 heteroatoms. The number of halogens is 3. The predicted molar refractivity (Wildman–Crippen MR) is 126 cm³/mol. The Balaban J connectivity index is 1.54. The van der Waals surface area contributed by atoms with Crippen LogP contribution in [0, 0.1) is 0 Å². The number of hydrogen-bond donors (Lipinski definition) is 2. The van der Waals surface area contributed by atoms with E-state index < -0.39 is 36.8 Å². The van der Waals surface area contributed by atoms with Gasteiger partial charge in [0, 0.05) is 17.8 Å². The molecular formula is C26H22F3N3O3. The van der Waals surface area contributed by atoms with Gasteiger partial charge in [-0.3, -0.25) is 14.2 Å². The van der Waals surface area contributed by atoms with Crippen molar-refractivity contribution in [3.05, 3.63) is 78.6 Å². The van der Waals surface area contributed by atoms with Crippen molar-refractivity contribution in [1.82, 2.24) is 9.55 Å². The Morgan fingerprint density at radius 2 is 1.74 bits per heavy atom. The number of carbonyl (C=O) groups is 2. The van der Waals surface area contributed by atoms with Gasteiger partial charge in [-0.2, -0.15) is 13.2 Å². The lowest BCUT2D eigenvalue weighted by Crippen LogP contribution is -2.16. The maximum absolute atomic E-state index is 12.4. The number of aliphatic carboxylic acids is 1. The fourth-order valence-electron chi connectivity index (χ4n) is 3.72. The second-order valence-corrected chi connectivity index (χ2v) is 8.21. The Hall–Kier alpha value is -4.14. The van der Waals surface area contributed by atoms with Gasteiger partial charge < -0.3 is 10.4 Å². The van der Waals surface area contributed by atoms with E-state index >= 15 is 0 Å². The molecule has 0 spiro atoms. The highest BCUT2D eigenvalue weighted by molar-refractivity contribution is 5.91. The number of aromatic nitrogens is 2. The minimum Gasteiger partial charge on any atom is -0.481 e. The predicted octanol–water partition coefficient (Wildman–Crippen LogP) is 6.16. The molecule has 4 rings (SSSR count). The molecule has 3 aromatic carbocycles. The fourth-order valence-corrected chi connectivity index (χ4v) is 3.72. The van der Waals surface area contributed by atoms with Crippen LogP contribution >= 0.6 is 0 Å². The molecule has 6 nitrogen and oxygen atoms in total. The lowest BCUT2D eigenvalue weighted by Gasteiger charge is -2.10. The summed E-state index contributed by atoms with van der Waals surface area (Å²) in [4.78, 5) is 27.5. The molecular weight excluding hydrogens is 459 g/mol. The first kappa shape index (κ1) is 24.0. The van der Waals surface area contributed by atoms with E-state index in [4.69, 9.17) is 0 Å². The van der Waals surface area contributed by atoms with Crippen LogP contribution in [0.2, 0.25) is 0 Å². The maximum Gasteiger partial charge on any atom is 0.389 e. The molecule has 1 atom stereocenters. The van der Waals surface area contributed by atoms with Crippen LogP contribution in [0.1, 0.15) is 31.2 Å². The second-order valence-electron chi connectivity index (χ2n) is 8.21. The SMILES string of the molecule is CC(C(=O)O)c1ccc(-c2ccc3c(c2)ncn3-c2cccc(NC(=O)CCC(F)(F)F)c2)cc1. The normalized spacial score (nSPS) is 12.5. The summed E-state index contributed by atoms with van der Waals surface area (Å²) in [6, 6.07) is 19.9. The van der Waals surface area contributed by atoms with Crippen LogP contribution in [0.4, 0.5) is 18.9 Å². The molecule has 0 bridgehead atoms. The van der Waals surface area contributed by atoms with Crippen molar-refractivity contribution in [3.8, 4) is 16.8 Å². The summed E-state index contributed by atoms with van der Waals surface area (Å²) in [5.74, 6) is -2.18. The molecule has 1 unspecified atom stereocenters. The van der Waals surface area contributed by atoms with Gasteiger partial charge in [-0.1, -0.05) is 36.4 Å². The van der Waals surface area contributed by atoms with Crippen molar-refractivity contribution in [2.45, 2.75) is 31.9 Å². The summed E-state index contributed by atoms with van der Waals surface area (Å²) < 4.78 is 38.9. The van der Waals surface area contributed by atoms with Crippen molar-refractivity contribution < 1.29 is 27.9 Å². The molecule has 0 aliphatic carbocycles. The highest BCUT2D eigenvalue weighted by Gasteiger charge is 2.27. The average molecular weight is 481 g/mol. The zero-order chi connectivity index (χ0) is 25.2. The van der Waals surface area contributed by atoms with Gasteiger partial charge in [0.25, 0.3) is 0 Å². The van der Waals surface area contributed by atoms with Crippen molar-refractivity contribution in [3.63, 3.8) is 0 Å². The molecule has 0 aliphatic heterocycles. The monoisotopic (exact) mass is 481 g/mol. The smallest absolute Gasteiger partial charge is 0.389 e. The summed E-state index contributed by atoms with van der Waals surface area (Å²) in [7, 11) is 0. The summed E-state index contributed by atoms with van der Waals surface area (Å²) >= 11 is 0. The molecule has 0 saturated carbocycles. The van der Waals surface area contributed by atoms with Gasteiger partial charge in [-0.05, 0) is 53.9 Å². The quantitative estimate of drug-likeness (QED) is 0.331. The molecule has 0 fully saturated rings. The Bertz CT molecular complexity index is 1380. The number of alkyl halides is 3. The number of amides is 1. The Morgan fingerprint density at radius 3 is 2.43 bits per heavy atom. The number of hydrogen-bond acceptors (Lipinski definition) is 3. The molecule has 0 saturated heterocycles. The molecule has 35 heavy (non-hydrogen) atoms. The average Bonchev–Trinajstić information content (AvgIpc) is 3.25. The van der Waals surface area contributed by atoms with E-state index in [1.54, 1.807) is 43.6 Å². The Morgan fingerprint density at radius 1 is 1.03 bits per heavy atom. The molecule has 4 aromatic rings. The number of fused-ring (bicyclic) bond motifs is 1. The number of nitrogens with one attached hydrogen (secondary N) is 1. The molecule has 2 N–H and O–H groups in total. The van der Waals surface area contributed by atoms with E-state index in [0.29, 0.717) is 11.4 Å². The van der Waals surface area contributed by atoms with Gasteiger partial charge in [0.05, 0.1) is 23.4 Å². The fraction of sp³-hybridized carbons (Fsp3) is 0.192. The van der Waals surface area contributed by atoms with Crippen molar-refractivity contribution >= 4 is 28.6 Å². The van der Waals surface area contributed by atoms with E-state index in [0.717, 1.165) is 27.7 Å². The Kier molecular flexibility index (Phi) is 6.59. The zero-order valence-electron chi connectivity index (χ0n) is 18.7. The summed E-state index contributed by atoms with van der Waals surface area (Å²) in [6.45, 7) is 1.64. The highest BCUT2D eigenvalue weighted by atomic mass is 19.4. The zero-order valence-corrected chi connectivity index (χ0v) is 18.7. The van der Waals surface area contributed by atoms with Gasteiger partial charge >= 0.3 is 12.1 Å². The molecule has 1 aromatic heterocycles. The third-order valence-corrected chi connectivity index (χ3v) is 5.71. The van der Waals surface area contributed by atoms with Gasteiger partial charge in [-0.25, -0.2) is 4.98 Å². The van der Waals surface area contributed by atoms with Crippen LogP contribution in [-0.2, 0) is 9.59 Å². The number of nitrogens with zero attached hydrogens (tertiary/aromatic N) is 2. The number of carbonyl (C=O) groups excluding carboxylic acids is 1. The van der Waals surface area contributed by atoms with Gasteiger partial charge in [0.1, 0.15) is 6.33 Å². The van der Waals surface area contributed by atoms with Gasteiger partial charge in [0.2, 0.25) is 5.91 Å². The van der Waals surface area contributed by atoms with Crippen LogP contribution < -0.4 is 5.32 Å². The van der Waals surface area contributed by atoms with Crippen molar-refractivity contribution in [2.24, 2.45) is 0 Å². The number of imidazole rings is 1. The van der Waals surface area contributed by atoms with E-state index in [-0.39, 0.29) is 0 Å². The minimum absolute atomic E-state index is 0.392. The van der Waals surface area contributed by atoms with Crippen molar-refractivity contribution in [2.75, 3.05) is 5.32 Å². The number of anilines is 1. The van der Waals surface area contributed by atoms with Crippen LogP contribution in [-0.4, -0.2) is 32.7 Å². The van der Waals surface area contributed by atoms with Crippen molar-refractivity contribution in [1.29, 1.82) is 0 Å². The molecule has 0 radical (unpaired) electrons. The minimum atomic E-state index is -4.38. The summed E-state index contributed by atoms with van der Waals surface area (Å²) in [6.07, 6.45) is -4.56. The largest absolute Gasteiger partial charge is 0.481 e. The van der Waals surface area contributed by atoms with Gasteiger partial charge in [-0.15, -0.1) is 0 Å². The first-order valence-corrected chi connectivity index (χ1v) is 10.9. The summed E-state index contributed by atoms with van der Waals surface area (Å²) in [5.41, 5.74) is 5.19. The standard InChI is InChI=1S/C26H22F3N3O3/c1-16(25(34)35)17-5-7-18(8-6-17)19-9-10-23-22(13-19)30-15-32(23)21-4-2-3-20(14-21)31-24(33)11-12-26(27,28)29/h2-10,13-16H,11-12H2,1H3,(H,31,33)(H,34,35).